The minimum Gasteiger partial charge on any atom is -0.282 e. The van der Waals surface area contributed by atoms with Crippen LogP contribution in [0.1, 0.15) is 58.3 Å². The van der Waals surface area contributed by atoms with Gasteiger partial charge in [0.05, 0.1) is 0 Å². The third kappa shape index (κ3) is 3.38. The van der Waals surface area contributed by atoms with Gasteiger partial charge in [0.15, 0.2) is 0 Å². The van der Waals surface area contributed by atoms with Crippen molar-refractivity contribution in [1.82, 2.24) is 0 Å². The summed E-state index contributed by atoms with van der Waals surface area (Å²) >= 11 is 1.59. The van der Waals surface area contributed by atoms with Gasteiger partial charge in [-0.1, -0.05) is 43.5 Å². The van der Waals surface area contributed by atoms with Gasteiger partial charge in [-0.15, -0.1) is 0 Å². The molecule has 2 saturated carbocycles. The van der Waals surface area contributed by atoms with Crippen molar-refractivity contribution in [2.45, 2.75) is 63.5 Å². The Kier molecular flexibility index (Phi) is 4.51. The zero-order valence-corrected chi connectivity index (χ0v) is 11.0. The van der Waals surface area contributed by atoms with Gasteiger partial charge in [0, 0.05) is 5.25 Å². The van der Waals surface area contributed by atoms with Crippen molar-refractivity contribution >= 4 is 16.9 Å². The van der Waals surface area contributed by atoms with Gasteiger partial charge in [0.25, 0.3) is 0 Å². The number of carbonyl (C=O) groups excluding carboxylic acids is 1. The van der Waals surface area contributed by atoms with Gasteiger partial charge in [-0.3, -0.25) is 4.79 Å². The van der Waals surface area contributed by atoms with E-state index in [4.69, 9.17) is 0 Å². The lowest BCUT2D eigenvalue weighted by Crippen LogP contribution is -2.04. The Morgan fingerprint density at radius 1 is 1.06 bits per heavy atom. The average Bonchev–Trinajstić information content (AvgIpc) is 2.90. The second-order valence-corrected chi connectivity index (χ2v) is 6.48. The maximum Gasteiger partial charge on any atom is 0.215 e. The molecule has 2 heteroatoms. The minimum atomic E-state index is 0.332. The lowest BCUT2D eigenvalue weighted by atomic mass is 10.1. The van der Waals surface area contributed by atoms with Crippen LogP contribution in [-0.4, -0.2) is 10.4 Å². The van der Waals surface area contributed by atoms with Crippen LogP contribution in [0, 0.1) is 5.92 Å². The highest BCUT2D eigenvalue weighted by atomic mass is 32.2. The first-order chi connectivity index (χ1) is 7.75. The molecule has 1 nitrogen and oxygen atoms in total. The molecule has 0 aliphatic heterocycles. The summed E-state index contributed by atoms with van der Waals surface area (Å²) in [5, 5.41) is 0.943. The van der Waals surface area contributed by atoms with E-state index in [0.29, 0.717) is 16.3 Å². The molecule has 16 heavy (non-hydrogen) atoms. The third-order valence-corrected chi connectivity index (χ3v) is 5.12. The van der Waals surface area contributed by atoms with E-state index < -0.39 is 0 Å². The molecule has 2 aliphatic carbocycles. The van der Waals surface area contributed by atoms with Crippen molar-refractivity contribution < 1.29 is 4.79 Å². The molecule has 2 aliphatic rings. The third-order valence-electron chi connectivity index (χ3n) is 3.78. The predicted molar refractivity (Wildman–Crippen MR) is 70.6 cm³/mol. The molecular formula is C14H22OS. The number of hydrogen-bond acceptors (Lipinski definition) is 2. The average molecular weight is 238 g/mol. The van der Waals surface area contributed by atoms with Crippen LogP contribution in [0.2, 0.25) is 0 Å². The molecule has 0 spiro atoms. The van der Waals surface area contributed by atoms with Crippen molar-refractivity contribution in [3.8, 4) is 0 Å². The fourth-order valence-corrected chi connectivity index (χ4v) is 3.92. The molecule has 0 unspecified atom stereocenters. The van der Waals surface area contributed by atoms with Crippen molar-refractivity contribution in [2.75, 3.05) is 0 Å². The second-order valence-electron chi connectivity index (χ2n) is 5.21. The van der Waals surface area contributed by atoms with E-state index in [0.717, 1.165) is 5.57 Å². The first-order valence-corrected chi connectivity index (χ1v) is 7.53. The molecule has 0 aromatic heterocycles. The fraction of sp³-hybridized carbons (Fsp3) is 0.786. The van der Waals surface area contributed by atoms with E-state index in [9.17, 15) is 4.79 Å². The molecule has 2 rings (SSSR count). The summed E-state index contributed by atoms with van der Waals surface area (Å²) in [6.45, 7) is 2.00. The first-order valence-electron chi connectivity index (χ1n) is 6.65. The largest absolute Gasteiger partial charge is 0.282 e. The predicted octanol–water partition coefficient (Wildman–Crippen LogP) is 4.33. The Hall–Kier alpha value is -0.240. The van der Waals surface area contributed by atoms with Crippen LogP contribution in [0.5, 0.6) is 0 Å². The standard InChI is InChI=1S/C14H22OS/c1-11(10-12-6-2-3-7-12)14(15)16-13-8-4-5-9-13/h10,12-13H,2-9H2,1H3. The number of thioether (sulfide) groups is 1. The van der Waals surface area contributed by atoms with E-state index in [1.165, 1.54) is 51.4 Å². The van der Waals surface area contributed by atoms with Gasteiger partial charge in [0.2, 0.25) is 5.12 Å². The SMILES string of the molecule is CC(=CC1CCCC1)C(=O)SC1CCCC1. The highest BCUT2D eigenvalue weighted by Crippen LogP contribution is 2.32. The molecule has 0 aromatic rings. The van der Waals surface area contributed by atoms with Crippen LogP contribution in [0.15, 0.2) is 11.6 Å². The first kappa shape index (κ1) is 12.2. The van der Waals surface area contributed by atoms with Gasteiger partial charge in [-0.05, 0) is 44.1 Å². The van der Waals surface area contributed by atoms with Crippen molar-refractivity contribution in [3.63, 3.8) is 0 Å². The normalized spacial score (nSPS) is 24.2. The molecule has 90 valence electrons. The molecule has 2 fully saturated rings. The highest BCUT2D eigenvalue weighted by molar-refractivity contribution is 8.14. The molecule has 0 heterocycles. The highest BCUT2D eigenvalue weighted by Gasteiger charge is 2.21. The monoisotopic (exact) mass is 238 g/mol. The Labute approximate surface area is 103 Å². The number of hydrogen-bond donors (Lipinski definition) is 0. The number of rotatable bonds is 3. The summed E-state index contributed by atoms with van der Waals surface area (Å²) in [6.07, 6.45) is 12.6. The van der Waals surface area contributed by atoms with E-state index >= 15 is 0 Å². The maximum atomic E-state index is 12.0. The Bertz CT molecular complexity index is 270. The van der Waals surface area contributed by atoms with Crippen molar-refractivity contribution in [1.29, 1.82) is 0 Å². The van der Waals surface area contributed by atoms with Crippen LogP contribution < -0.4 is 0 Å². The molecule has 0 amide bonds. The molecular weight excluding hydrogens is 216 g/mol. The molecule has 0 aromatic carbocycles. The van der Waals surface area contributed by atoms with Gasteiger partial charge in [-0.25, -0.2) is 0 Å². The lowest BCUT2D eigenvalue weighted by molar-refractivity contribution is -0.107. The van der Waals surface area contributed by atoms with Gasteiger partial charge in [0.1, 0.15) is 0 Å². The fourth-order valence-electron chi connectivity index (χ4n) is 2.80. The molecule has 0 saturated heterocycles. The van der Waals surface area contributed by atoms with E-state index in [1.807, 2.05) is 6.92 Å². The second kappa shape index (κ2) is 5.90. The summed E-state index contributed by atoms with van der Waals surface area (Å²) in [7, 11) is 0. The van der Waals surface area contributed by atoms with Crippen LogP contribution in [-0.2, 0) is 4.79 Å². The van der Waals surface area contributed by atoms with E-state index in [2.05, 4.69) is 6.08 Å². The van der Waals surface area contributed by atoms with Crippen LogP contribution in [0.4, 0.5) is 0 Å². The topological polar surface area (TPSA) is 17.1 Å². The van der Waals surface area contributed by atoms with Gasteiger partial charge >= 0.3 is 0 Å². The van der Waals surface area contributed by atoms with E-state index in [1.54, 1.807) is 11.8 Å². The maximum absolute atomic E-state index is 12.0. The Balaban J connectivity index is 1.82. The zero-order valence-electron chi connectivity index (χ0n) is 10.2. The molecule has 0 bridgehead atoms. The Morgan fingerprint density at radius 3 is 2.25 bits per heavy atom. The zero-order chi connectivity index (χ0) is 11.4. The quantitative estimate of drug-likeness (QED) is 0.681. The van der Waals surface area contributed by atoms with Crippen LogP contribution >= 0.6 is 11.8 Å². The summed E-state index contributed by atoms with van der Waals surface area (Å²) < 4.78 is 0. The summed E-state index contributed by atoms with van der Waals surface area (Å²) in [5.41, 5.74) is 1.00. The summed E-state index contributed by atoms with van der Waals surface area (Å²) in [4.78, 5) is 12.0. The number of allylic oxidation sites excluding steroid dienone is 1. The summed E-state index contributed by atoms with van der Waals surface area (Å²) in [5.74, 6) is 0.688. The lowest BCUT2D eigenvalue weighted by Gasteiger charge is -2.09. The molecule has 0 radical (unpaired) electrons. The minimum absolute atomic E-state index is 0.332. The summed E-state index contributed by atoms with van der Waals surface area (Å²) in [6, 6.07) is 0. The van der Waals surface area contributed by atoms with Crippen molar-refractivity contribution in [2.24, 2.45) is 5.92 Å². The molecule has 0 N–H and O–H groups in total. The Morgan fingerprint density at radius 2 is 1.62 bits per heavy atom. The smallest absolute Gasteiger partial charge is 0.215 e. The van der Waals surface area contributed by atoms with Crippen LogP contribution in [0.3, 0.4) is 0 Å². The van der Waals surface area contributed by atoms with Crippen molar-refractivity contribution in [3.05, 3.63) is 11.6 Å². The van der Waals surface area contributed by atoms with E-state index in [-0.39, 0.29) is 0 Å². The molecule has 0 atom stereocenters. The number of carbonyl (C=O) groups is 1. The van der Waals surface area contributed by atoms with Crippen LogP contribution in [0.25, 0.3) is 0 Å². The van der Waals surface area contributed by atoms with Gasteiger partial charge < -0.3 is 0 Å². The van der Waals surface area contributed by atoms with Gasteiger partial charge in [-0.2, -0.15) is 0 Å².